The monoisotopic (exact) mass is 472 g/mol. The van der Waals surface area contributed by atoms with Crippen molar-refractivity contribution in [1.29, 1.82) is 0 Å². The number of likely N-dealkylation sites (tertiary alicyclic amines) is 1. The van der Waals surface area contributed by atoms with Crippen molar-refractivity contribution in [3.8, 4) is 5.75 Å². The number of nitrogens with one attached hydrogen (secondary N) is 1. The van der Waals surface area contributed by atoms with Crippen molar-refractivity contribution in [3.63, 3.8) is 0 Å². The molecule has 8 heteroatoms. The minimum atomic E-state index is -0.301. The van der Waals surface area contributed by atoms with Crippen LogP contribution in [-0.2, 0) is 4.74 Å². The molecule has 8 nitrogen and oxygen atoms in total. The van der Waals surface area contributed by atoms with Crippen molar-refractivity contribution in [2.75, 3.05) is 32.9 Å². The summed E-state index contributed by atoms with van der Waals surface area (Å²) in [6.07, 6.45) is 4.84. The fourth-order valence-electron chi connectivity index (χ4n) is 4.21. The van der Waals surface area contributed by atoms with Gasteiger partial charge in [-0.25, -0.2) is 4.79 Å². The summed E-state index contributed by atoms with van der Waals surface area (Å²) in [7, 11) is 0. The van der Waals surface area contributed by atoms with Gasteiger partial charge < -0.3 is 25.4 Å². The first-order valence-electron chi connectivity index (χ1n) is 12.4. The highest BCUT2D eigenvalue weighted by atomic mass is 16.5. The zero-order valence-electron chi connectivity index (χ0n) is 21.1. The molecule has 0 aromatic heterocycles. The average Bonchev–Trinajstić information content (AvgIpc) is 3.29. The molecular weight excluding hydrogens is 432 g/mol. The van der Waals surface area contributed by atoms with Crippen LogP contribution < -0.4 is 15.8 Å². The van der Waals surface area contributed by atoms with E-state index in [1.165, 1.54) is 0 Å². The van der Waals surface area contributed by atoms with Gasteiger partial charge in [-0.15, -0.1) is 0 Å². The van der Waals surface area contributed by atoms with E-state index < -0.39 is 0 Å². The number of amides is 3. The molecule has 1 aromatic rings. The van der Waals surface area contributed by atoms with Crippen molar-refractivity contribution in [2.24, 2.45) is 22.1 Å². The number of hydrogen-bond donors (Lipinski definition) is 2. The van der Waals surface area contributed by atoms with Crippen LogP contribution in [0, 0.1) is 18.3 Å². The molecule has 2 saturated heterocycles. The Balaban J connectivity index is 1.36. The highest BCUT2D eigenvalue weighted by Crippen LogP contribution is 2.24. The Bertz CT molecular complexity index is 879. The van der Waals surface area contributed by atoms with Gasteiger partial charge in [-0.05, 0) is 68.7 Å². The molecule has 1 atom stereocenters. The minimum absolute atomic E-state index is 0.0591. The van der Waals surface area contributed by atoms with E-state index in [2.05, 4.69) is 10.3 Å². The lowest BCUT2D eigenvalue weighted by atomic mass is 9.92. The third-order valence-electron chi connectivity index (χ3n) is 6.60. The Labute approximate surface area is 203 Å². The number of aliphatic imine (C=N–C) groups is 1. The molecule has 0 radical (unpaired) electrons. The molecule has 0 spiro atoms. The van der Waals surface area contributed by atoms with E-state index in [9.17, 15) is 9.59 Å². The Morgan fingerprint density at radius 1 is 1.24 bits per heavy atom. The van der Waals surface area contributed by atoms with Gasteiger partial charge in [-0.3, -0.25) is 4.79 Å². The second-order valence-electron chi connectivity index (χ2n) is 10.5. The molecule has 1 unspecified atom stereocenters. The van der Waals surface area contributed by atoms with Crippen LogP contribution in [-0.4, -0.2) is 61.6 Å². The number of benzene rings is 1. The van der Waals surface area contributed by atoms with Crippen LogP contribution in [0.3, 0.4) is 0 Å². The zero-order valence-corrected chi connectivity index (χ0v) is 21.1. The van der Waals surface area contributed by atoms with Crippen LogP contribution in [0.4, 0.5) is 4.79 Å². The van der Waals surface area contributed by atoms with Crippen molar-refractivity contribution >= 4 is 17.8 Å². The third kappa shape index (κ3) is 7.45. The quantitative estimate of drug-likeness (QED) is 0.356. The van der Waals surface area contributed by atoms with Crippen molar-refractivity contribution < 1.29 is 19.1 Å². The van der Waals surface area contributed by atoms with Crippen LogP contribution in [0.25, 0.3) is 0 Å². The molecule has 2 aliphatic heterocycles. The van der Waals surface area contributed by atoms with Crippen LogP contribution >= 0.6 is 0 Å². The topological polar surface area (TPSA) is 106 Å². The Morgan fingerprint density at radius 3 is 2.59 bits per heavy atom. The van der Waals surface area contributed by atoms with Gasteiger partial charge in [0.2, 0.25) is 0 Å². The highest BCUT2D eigenvalue weighted by molar-refractivity contribution is 5.96. The SMILES string of the molecule is Cc1cc(OCCCC2CCN(C(=O)/N=C(\N)C(C)(C)C)CC2)ccc1C(=O)NC1CCOC1. The van der Waals surface area contributed by atoms with Crippen molar-refractivity contribution in [2.45, 2.75) is 65.8 Å². The number of ether oxygens (including phenoxy) is 2. The summed E-state index contributed by atoms with van der Waals surface area (Å²) in [6.45, 7) is 11.2. The summed E-state index contributed by atoms with van der Waals surface area (Å²) in [4.78, 5) is 30.7. The molecule has 0 saturated carbocycles. The number of urea groups is 1. The van der Waals surface area contributed by atoms with E-state index in [-0.39, 0.29) is 23.4 Å². The van der Waals surface area contributed by atoms with Gasteiger partial charge in [0.1, 0.15) is 11.6 Å². The fourth-order valence-corrected chi connectivity index (χ4v) is 4.21. The number of rotatable bonds is 7. The molecular formula is C26H40N4O4. The average molecular weight is 473 g/mol. The molecule has 0 aliphatic carbocycles. The molecule has 0 bridgehead atoms. The Kier molecular flexibility index (Phi) is 8.94. The first-order chi connectivity index (χ1) is 16.1. The van der Waals surface area contributed by atoms with E-state index in [4.69, 9.17) is 15.2 Å². The number of piperidine rings is 1. The number of carbonyl (C=O) groups is 2. The molecule has 3 N–H and O–H groups in total. The first kappa shape index (κ1) is 26.0. The summed E-state index contributed by atoms with van der Waals surface area (Å²) in [5.41, 5.74) is 7.22. The van der Waals surface area contributed by atoms with E-state index in [0.717, 1.165) is 56.5 Å². The van der Waals surface area contributed by atoms with E-state index >= 15 is 0 Å². The molecule has 2 aliphatic rings. The molecule has 2 fully saturated rings. The standard InChI is InChI=1S/C26H40N4O4/c1-18-16-21(7-8-22(18)23(31)28-20-11-15-33-17-20)34-14-5-6-19-9-12-30(13-10-19)25(32)29-24(27)26(2,3)4/h7-8,16,19-20H,5-6,9-15,17H2,1-4H3,(H,28,31)(H2,27,29,32). The lowest BCUT2D eigenvalue weighted by Gasteiger charge is -2.31. The second-order valence-corrected chi connectivity index (χ2v) is 10.5. The molecule has 3 amide bonds. The maximum Gasteiger partial charge on any atom is 0.345 e. The van der Waals surface area contributed by atoms with Gasteiger partial charge in [0.25, 0.3) is 5.91 Å². The zero-order chi connectivity index (χ0) is 24.7. The number of aryl methyl sites for hydroxylation is 1. The van der Waals surface area contributed by atoms with Gasteiger partial charge in [0.05, 0.1) is 19.3 Å². The summed E-state index contributed by atoms with van der Waals surface area (Å²) >= 11 is 0. The Morgan fingerprint density at radius 2 is 1.97 bits per heavy atom. The molecule has 3 rings (SSSR count). The second kappa shape index (κ2) is 11.7. The van der Waals surface area contributed by atoms with Crippen LogP contribution in [0.15, 0.2) is 23.2 Å². The maximum atomic E-state index is 12.5. The number of hydrogen-bond acceptors (Lipinski definition) is 4. The summed E-state index contributed by atoms with van der Waals surface area (Å²) in [6, 6.07) is 5.49. The van der Waals surface area contributed by atoms with Gasteiger partial charge in [0.15, 0.2) is 0 Å². The highest BCUT2D eigenvalue weighted by Gasteiger charge is 2.24. The van der Waals surface area contributed by atoms with E-state index in [1.807, 2.05) is 45.9 Å². The molecule has 34 heavy (non-hydrogen) atoms. The first-order valence-corrected chi connectivity index (χ1v) is 12.4. The smallest absolute Gasteiger partial charge is 0.345 e. The number of amidine groups is 1. The minimum Gasteiger partial charge on any atom is -0.494 e. The van der Waals surface area contributed by atoms with Gasteiger partial charge in [0, 0.05) is 30.7 Å². The van der Waals surface area contributed by atoms with E-state index in [0.29, 0.717) is 37.1 Å². The van der Waals surface area contributed by atoms with Crippen molar-refractivity contribution in [1.82, 2.24) is 10.2 Å². The molecule has 2 heterocycles. The third-order valence-corrected chi connectivity index (χ3v) is 6.60. The number of nitrogens with zero attached hydrogens (tertiary/aromatic N) is 2. The van der Waals surface area contributed by atoms with Gasteiger partial charge in [-0.2, -0.15) is 4.99 Å². The summed E-state index contributed by atoms with van der Waals surface area (Å²) < 4.78 is 11.3. The predicted molar refractivity (Wildman–Crippen MR) is 133 cm³/mol. The van der Waals surface area contributed by atoms with Crippen LogP contribution in [0.2, 0.25) is 0 Å². The molecule has 188 valence electrons. The predicted octanol–water partition coefficient (Wildman–Crippen LogP) is 3.91. The number of carbonyl (C=O) groups excluding carboxylic acids is 2. The summed E-state index contributed by atoms with van der Waals surface area (Å²) in [5, 5.41) is 3.03. The molecule has 1 aromatic carbocycles. The Hall–Kier alpha value is -2.61. The number of nitrogens with two attached hydrogens (primary N) is 1. The van der Waals surface area contributed by atoms with E-state index in [1.54, 1.807) is 4.90 Å². The van der Waals surface area contributed by atoms with Crippen molar-refractivity contribution in [3.05, 3.63) is 29.3 Å². The van der Waals surface area contributed by atoms with Gasteiger partial charge >= 0.3 is 6.03 Å². The lowest BCUT2D eigenvalue weighted by molar-refractivity contribution is 0.0929. The lowest BCUT2D eigenvalue weighted by Crippen LogP contribution is -2.39. The normalized spacial score (nSPS) is 19.8. The van der Waals surface area contributed by atoms with Crippen LogP contribution in [0.1, 0.15) is 68.8 Å². The summed E-state index contributed by atoms with van der Waals surface area (Å²) in [5.74, 6) is 1.69. The fraction of sp³-hybridized carbons (Fsp3) is 0.654. The largest absolute Gasteiger partial charge is 0.494 e. The van der Waals surface area contributed by atoms with Gasteiger partial charge in [-0.1, -0.05) is 20.8 Å². The van der Waals surface area contributed by atoms with Crippen LogP contribution in [0.5, 0.6) is 5.75 Å². The maximum absolute atomic E-state index is 12.5.